The van der Waals surface area contributed by atoms with Crippen molar-refractivity contribution in [1.29, 1.82) is 0 Å². The first-order valence-corrected chi connectivity index (χ1v) is 6.80. The molecule has 1 aromatic rings. The second-order valence-corrected chi connectivity index (χ2v) is 5.75. The number of sulfone groups is 1. The highest BCUT2D eigenvalue weighted by molar-refractivity contribution is 7.90. The minimum atomic E-state index is -3.35. The first kappa shape index (κ1) is 13.4. The summed E-state index contributed by atoms with van der Waals surface area (Å²) in [5.74, 6) is 0.0419. The van der Waals surface area contributed by atoms with Crippen LogP contribution in [-0.2, 0) is 14.6 Å². The molecule has 1 amide bonds. The van der Waals surface area contributed by atoms with Gasteiger partial charge in [-0.1, -0.05) is 0 Å². The molecule has 1 N–H and O–H groups in total. The Labute approximate surface area is 101 Å². The normalized spacial score (nSPS) is 11.0. The number of nitrogens with one attached hydrogen (secondary N) is 1. The van der Waals surface area contributed by atoms with Crippen LogP contribution in [-0.4, -0.2) is 51.1 Å². The molecule has 0 saturated carbocycles. The minimum absolute atomic E-state index is 0.00648. The van der Waals surface area contributed by atoms with E-state index in [1.54, 1.807) is 14.1 Å². The summed E-state index contributed by atoms with van der Waals surface area (Å²) < 4.78 is 22.9. The van der Waals surface area contributed by atoms with Crippen LogP contribution in [0.4, 0.5) is 5.82 Å². The van der Waals surface area contributed by atoms with Gasteiger partial charge in [0.2, 0.25) is 5.91 Å². The number of likely N-dealkylation sites (N-methyl/N-ethyl adjacent to an activating group) is 1. The molecule has 94 valence electrons. The molecule has 6 nitrogen and oxygen atoms in total. The van der Waals surface area contributed by atoms with Crippen LogP contribution in [0.5, 0.6) is 0 Å². The molecule has 0 unspecified atom stereocenters. The summed E-state index contributed by atoms with van der Waals surface area (Å²) in [6.45, 7) is 0.00648. The summed E-state index contributed by atoms with van der Waals surface area (Å²) in [4.78, 5) is 16.8. The van der Waals surface area contributed by atoms with Crippen molar-refractivity contribution in [3.63, 3.8) is 0 Å². The molecular weight excluding hydrogens is 242 g/mol. The van der Waals surface area contributed by atoms with Crippen molar-refractivity contribution in [3.8, 4) is 0 Å². The fraction of sp³-hybridized carbons (Fsp3) is 0.400. The van der Waals surface area contributed by atoms with Crippen LogP contribution >= 0.6 is 0 Å². The average molecular weight is 257 g/mol. The number of carbonyl (C=O) groups excluding carboxylic acids is 1. The van der Waals surface area contributed by atoms with Crippen LogP contribution in [0.3, 0.4) is 0 Å². The summed E-state index contributed by atoms with van der Waals surface area (Å²) in [5.41, 5.74) is 0. The zero-order valence-corrected chi connectivity index (χ0v) is 10.8. The summed E-state index contributed by atoms with van der Waals surface area (Å²) >= 11 is 0. The maximum Gasteiger partial charge on any atom is 0.241 e. The second kappa shape index (κ2) is 5.13. The molecule has 0 fully saturated rings. The van der Waals surface area contributed by atoms with Crippen LogP contribution in [0.25, 0.3) is 0 Å². The fourth-order valence-corrected chi connectivity index (χ4v) is 1.94. The van der Waals surface area contributed by atoms with E-state index in [1.807, 2.05) is 0 Å². The van der Waals surface area contributed by atoms with Crippen molar-refractivity contribution in [2.45, 2.75) is 4.90 Å². The highest BCUT2D eigenvalue weighted by Crippen LogP contribution is 2.17. The summed E-state index contributed by atoms with van der Waals surface area (Å²) in [5, 5.41) is 2.72. The maximum absolute atomic E-state index is 11.5. The van der Waals surface area contributed by atoms with Gasteiger partial charge in [0, 0.05) is 26.5 Å². The second-order valence-electron chi connectivity index (χ2n) is 3.76. The third kappa shape index (κ3) is 3.70. The third-order valence-electron chi connectivity index (χ3n) is 2.08. The van der Waals surface area contributed by atoms with E-state index in [-0.39, 0.29) is 23.2 Å². The molecule has 1 rings (SSSR count). The number of amides is 1. The summed E-state index contributed by atoms with van der Waals surface area (Å²) in [6.07, 6.45) is 2.57. The molecule has 1 aromatic heterocycles. The molecular formula is C10H15N3O3S. The van der Waals surface area contributed by atoms with Crippen molar-refractivity contribution in [2.75, 3.05) is 32.2 Å². The standard InChI is InChI=1S/C10H15N3O3S/c1-13(2)9(14)7-12-10-8(17(3,15)16)5-4-6-11-10/h4-6H,7H2,1-3H3,(H,11,12). The van der Waals surface area contributed by atoms with Gasteiger partial charge in [0.1, 0.15) is 10.7 Å². The summed E-state index contributed by atoms with van der Waals surface area (Å²) in [6, 6.07) is 2.99. The zero-order chi connectivity index (χ0) is 13.1. The number of anilines is 1. The topological polar surface area (TPSA) is 79.4 Å². The molecule has 0 saturated heterocycles. The van der Waals surface area contributed by atoms with Gasteiger partial charge in [0.15, 0.2) is 9.84 Å². The smallest absolute Gasteiger partial charge is 0.241 e. The van der Waals surface area contributed by atoms with Gasteiger partial charge in [-0.3, -0.25) is 4.79 Å². The molecule has 0 bridgehead atoms. The van der Waals surface area contributed by atoms with Crippen LogP contribution in [0.2, 0.25) is 0 Å². The molecule has 0 atom stereocenters. The van der Waals surface area contributed by atoms with Crippen molar-refractivity contribution >= 4 is 21.6 Å². The molecule has 1 heterocycles. The third-order valence-corrected chi connectivity index (χ3v) is 3.20. The van der Waals surface area contributed by atoms with Gasteiger partial charge in [-0.15, -0.1) is 0 Å². The lowest BCUT2D eigenvalue weighted by molar-refractivity contribution is -0.126. The van der Waals surface area contributed by atoms with Gasteiger partial charge in [-0.25, -0.2) is 13.4 Å². The average Bonchev–Trinajstić information content (AvgIpc) is 2.24. The van der Waals surface area contributed by atoms with Crippen LogP contribution in [0.15, 0.2) is 23.2 Å². The minimum Gasteiger partial charge on any atom is -0.360 e. The Morgan fingerprint density at radius 2 is 2.12 bits per heavy atom. The highest BCUT2D eigenvalue weighted by atomic mass is 32.2. The van der Waals surface area contributed by atoms with E-state index in [2.05, 4.69) is 10.3 Å². The molecule has 0 radical (unpaired) electrons. The molecule has 7 heteroatoms. The predicted octanol–water partition coefficient (Wildman–Crippen LogP) is -0.0148. The van der Waals surface area contributed by atoms with Crippen molar-refractivity contribution in [3.05, 3.63) is 18.3 Å². The number of aromatic nitrogens is 1. The SMILES string of the molecule is CN(C)C(=O)CNc1ncccc1S(C)(=O)=O. The largest absolute Gasteiger partial charge is 0.360 e. The Bertz CT molecular complexity index is 511. The highest BCUT2D eigenvalue weighted by Gasteiger charge is 2.14. The molecule has 17 heavy (non-hydrogen) atoms. The lowest BCUT2D eigenvalue weighted by Crippen LogP contribution is -2.29. The fourth-order valence-electron chi connectivity index (χ4n) is 1.14. The van der Waals surface area contributed by atoms with E-state index in [0.29, 0.717) is 0 Å². The number of rotatable bonds is 4. The van der Waals surface area contributed by atoms with E-state index < -0.39 is 9.84 Å². The van der Waals surface area contributed by atoms with Gasteiger partial charge < -0.3 is 10.2 Å². The van der Waals surface area contributed by atoms with E-state index in [1.165, 1.54) is 23.2 Å². The summed E-state index contributed by atoms with van der Waals surface area (Å²) in [7, 11) is -0.102. The van der Waals surface area contributed by atoms with Gasteiger partial charge in [0.05, 0.1) is 6.54 Å². The van der Waals surface area contributed by atoms with Gasteiger partial charge in [-0.2, -0.15) is 0 Å². The molecule has 0 aliphatic heterocycles. The predicted molar refractivity (Wildman–Crippen MR) is 64.5 cm³/mol. The van der Waals surface area contributed by atoms with Crippen molar-refractivity contribution in [2.24, 2.45) is 0 Å². The number of pyridine rings is 1. The van der Waals surface area contributed by atoms with Gasteiger partial charge >= 0.3 is 0 Å². The van der Waals surface area contributed by atoms with E-state index in [9.17, 15) is 13.2 Å². The number of hydrogen-bond donors (Lipinski definition) is 1. The Kier molecular flexibility index (Phi) is 4.06. The van der Waals surface area contributed by atoms with E-state index in [0.717, 1.165) is 6.26 Å². The first-order chi connectivity index (χ1) is 7.82. The Morgan fingerprint density at radius 1 is 1.47 bits per heavy atom. The quantitative estimate of drug-likeness (QED) is 0.820. The van der Waals surface area contributed by atoms with Crippen molar-refractivity contribution in [1.82, 2.24) is 9.88 Å². The lowest BCUT2D eigenvalue weighted by atomic mass is 10.4. The Hall–Kier alpha value is -1.63. The van der Waals surface area contributed by atoms with Crippen LogP contribution < -0.4 is 5.32 Å². The zero-order valence-electron chi connectivity index (χ0n) is 9.97. The first-order valence-electron chi connectivity index (χ1n) is 4.91. The van der Waals surface area contributed by atoms with E-state index in [4.69, 9.17) is 0 Å². The molecule has 0 spiro atoms. The maximum atomic E-state index is 11.5. The molecule has 0 aliphatic carbocycles. The van der Waals surface area contributed by atoms with E-state index >= 15 is 0 Å². The molecule has 0 aliphatic rings. The van der Waals surface area contributed by atoms with Gasteiger partial charge in [0.25, 0.3) is 0 Å². The monoisotopic (exact) mass is 257 g/mol. The number of hydrogen-bond acceptors (Lipinski definition) is 5. The molecule has 0 aromatic carbocycles. The Morgan fingerprint density at radius 3 is 2.65 bits per heavy atom. The van der Waals surface area contributed by atoms with Gasteiger partial charge in [-0.05, 0) is 12.1 Å². The Balaban J connectivity index is 2.89. The van der Waals surface area contributed by atoms with Crippen LogP contribution in [0, 0.1) is 0 Å². The van der Waals surface area contributed by atoms with Crippen molar-refractivity contribution < 1.29 is 13.2 Å². The lowest BCUT2D eigenvalue weighted by Gasteiger charge is -2.12. The van der Waals surface area contributed by atoms with Crippen LogP contribution in [0.1, 0.15) is 0 Å². The number of nitrogens with zero attached hydrogens (tertiary/aromatic N) is 2. The number of carbonyl (C=O) groups is 1.